The summed E-state index contributed by atoms with van der Waals surface area (Å²) in [5.74, 6) is 0.450. The van der Waals surface area contributed by atoms with Crippen LogP contribution in [0.15, 0.2) is 66.0 Å². The van der Waals surface area contributed by atoms with E-state index >= 15 is 0 Å². The van der Waals surface area contributed by atoms with Gasteiger partial charge in [-0.2, -0.15) is 0 Å². The molecule has 6 heteroatoms. The fourth-order valence-corrected chi connectivity index (χ4v) is 3.50. The maximum absolute atomic E-state index is 12.4. The molecule has 5 nitrogen and oxygen atoms in total. The minimum atomic E-state index is -0.335. The molecule has 0 aliphatic carbocycles. The summed E-state index contributed by atoms with van der Waals surface area (Å²) in [7, 11) is 0. The van der Waals surface area contributed by atoms with Gasteiger partial charge in [0.15, 0.2) is 0 Å². The zero-order valence-electron chi connectivity index (χ0n) is 14.4. The van der Waals surface area contributed by atoms with Gasteiger partial charge >= 0.3 is 5.97 Å². The lowest BCUT2D eigenvalue weighted by molar-refractivity contribution is -0.140. The van der Waals surface area contributed by atoms with E-state index in [0.717, 1.165) is 11.3 Å². The summed E-state index contributed by atoms with van der Waals surface area (Å²) in [6.45, 7) is 0.310. The monoisotopic (exact) mass is 379 g/mol. The molecule has 0 bridgehead atoms. The highest BCUT2D eigenvalue weighted by Gasteiger charge is 2.27. The van der Waals surface area contributed by atoms with E-state index in [0.29, 0.717) is 29.3 Å². The molecule has 2 heterocycles. The van der Waals surface area contributed by atoms with E-state index in [4.69, 9.17) is 9.47 Å². The van der Waals surface area contributed by atoms with Gasteiger partial charge < -0.3 is 14.8 Å². The van der Waals surface area contributed by atoms with Gasteiger partial charge in [-0.15, -0.1) is 11.3 Å². The first-order chi connectivity index (χ1) is 13.2. The molecule has 0 spiro atoms. The van der Waals surface area contributed by atoms with Crippen LogP contribution in [0.2, 0.25) is 0 Å². The van der Waals surface area contributed by atoms with Crippen LogP contribution in [0, 0.1) is 5.92 Å². The minimum absolute atomic E-state index is 0.159. The summed E-state index contributed by atoms with van der Waals surface area (Å²) in [4.78, 5) is 25.1. The SMILES string of the molecule is O=C(Nc1ccc(OC(=O)C2COc3ccccc3C2)cc1)c1cccs1. The molecule has 136 valence electrons. The Kier molecular flexibility index (Phi) is 4.89. The second-order valence-corrected chi connectivity index (χ2v) is 7.14. The van der Waals surface area contributed by atoms with Crippen molar-refractivity contribution in [3.8, 4) is 11.5 Å². The lowest BCUT2D eigenvalue weighted by Crippen LogP contribution is -2.31. The third kappa shape index (κ3) is 4.01. The molecule has 1 atom stereocenters. The molecule has 3 aromatic rings. The average molecular weight is 379 g/mol. The number of fused-ring (bicyclic) bond motifs is 1. The van der Waals surface area contributed by atoms with Crippen LogP contribution in [0.25, 0.3) is 0 Å². The van der Waals surface area contributed by atoms with E-state index in [-0.39, 0.29) is 17.8 Å². The summed E-state index contributed by atoms with van der Waals surface area (Å²) in [6, 6.07) is 18.0. The lowest BCUT2D eigenvalue weighted by atomic mass is 9.97. The molecule has 1 aliphatic heterocycles. The van der Waals surface area contributed by atoms with Crippen molar-refractivity contribution in [1.29, 1.82) is 0 Å². The number of hydrogen-bond donors (Lipinski definition) is 1. The molecule has 0 saturated heterocycles. The molecule has 0 fully saturated rings. The Bertz CT molecular complexity index is 951. The molecule has 1 aromatic heterocycles. The standard InChI is InChI=1S/C21H17NO4S/c23-20(19-6-3-11-27-19)22-16-7-9-17(10-8-16)26-21(24)15-12-14-4-1-2-5-18(14)25-13-15/h1-11,15H,12-13H2,(H,22,23). The predicted molar refractivity (Wildman–Crippen MR) is 103 cm³/mol. The Hall–Kier alpha value is -3.12. The average Bonchev–Trinajstić information content (AvgIpc) is 3.24. The molecule has 1 amide bonds. The van der Waals surface area contributed by atoms with Crippen molar-refractivity contribution in [1.82, 2.24) is 0 Å². The van der Waals surface area contributed by atoms with E-state index in [9.17, 15) is 9.59 Å². The molecular weight excluding hydrogens is 362 g/mol. The summed E-state index contributed by atoms with van der Waals surface area (Å²) in [6.07, 6.45) is 0.601. The van der Waals surface area contributed by atoms with Gasteiger partial charge in [-0.1, -0.05) is 24.3 Å². The molecule has 0 saturated carbocycles. The van der Waals surface area contributed by atoms with Gasteiger partial charge in [0.1, 0.15) is 18.1 Å². The summed E-state index contributed by atoms with van der Waals surface area (Å²) in [5.41, 5.74) is 1.65. The van der Waals surface area contributed by atoms with Crippen molar-refractivity contribution in [2.45, 2.75) is 6.42 Å². The second kappa shape index (κ2) is 7.63. The zero-order valence-corrected chi connectivity index (χ0v) is 15.2. The topological polar surface area (TPSA) is 64.6 Å². The summed E-state index contributed by atoms with van der Waals surface area (Å²) in [5, 5.41) is 4.66. The van der Waals surface area contributed by atoms with E-state index in [1.54, 1.807) is 30.3 Å². The molecule has 0 radical (unpaired) electrons. The number of ether oxygens (including phenoxy) is 2. The number of hydrogen-bond acceptors (Lipinski definition) is 5. The van der Waals surface area contributed by atoms with Crippen LogP contribution in [0.4, 0.5) is 5.69 Å². The number of amides is 1. The molecule has 2 aromatic carbocycles. The summed E-state index contributed by atoms with van der Waals surface area (Å²) < 4.78 is 11.1. The van der Waals surface area contributed by atoms with E-state index in [2.05, 4.69) is 5.32 Å². The Labute approximate surface area is 160 Å². The number of carbonyl (C=O) groups is 2. The van der Waals surface area contributed by atoms with Crippen molar-refractivity contribution < 1.29 is 19.1 Å². The van der Waals surface area contributed by atoms with E-state index in [1.165, 1.54) is 11.3 Å². The van der Waals surface area contributed by atoms with Crippen LogP contribution in [0.5, 0.6) is 11.5 Å². The quantitative estimate of drug-likeness (QED) is 0.546. The van der Waals surface area contributed by atoms with Crippen molar-refractivity contribution in [2.75, 3.05) is 11.9 Å². The van der Waals surface area contributed by atoms with Gasteiger partial charge in [0.2, 0.25) is 0 Å². The Morgan fingerprint density at radius 1 is 1.04 bits per heavy atom. The highest BCUT2D eigenvalue weighted by Crippen LogP contribution is 2.28. The van der Waals surface area contributed by atoms with Gasteiger partial charge in [-0.3, -0.25) is 9.59 Å². The van der Waals surface area contributed by atoms with Gasteiger partial charge in [-0.25, -0.2) is 0 Å². The van der Waals surface area contributed by atoms with Crippen LogP contribution in [0.1, 0.15) is 15.2 Å². The third-order valence-electron chi connectivity index (χ3n) is 4.29. The van der Waals surface area contributed by atoms with Crippen LogP contribution in [-0.2, 0) is 11.2 Å². The summed E-state index contributed by atoms with van der Waals surface area (Å²) >= 11 is 1.38. The Morgan fingerprint density at radius 3 is 2.63 bits per heavy atom. The van der Waals surface area contributed by atoms with Crippen LogP contribution < -0.4 is 14.8 Å². The normalized spacial score (nSPS) is 15.3. The van der Waals surface area contributed by atoms with Crippen molar-refractivity contribution in [2.24, 2.45) is 5.92 Å². The van der Waals surface area contributed by atoms with Gasteiger partial charge in [0.25, 0.3) is 5.91 Å². The smallest absolute Gasteiger partial charge is 0.318 e. The van der Waals surface area contributed by atoms with Crippen molar-refractivity contribution >= 4 is 28.9 Å². The third-order valence-corrected chi connectivity index (χ3v) is 5.16. The maximum atomic E-state index is 12.4. The first-order valence-corrected chi connectivity index (χ1v) is 9.44. The fraction of sp³-hybridized carbons (Fsp3) is 0.143. The number of rotatable bonds is 4. The minimum Gasteiger partial charge on any atom is -0.492 e. The highest BCUT2D eigenvalue weighted by molar-refractivity contribution is 7.12. The number of carbonyl (C=O) groups excluding carboxylic acids is 2. The van der Waals surface area contributed by atoms with Crippen LogP contribution >= 0.6 is 11.3 Å². The Morgan fingerprint density at radius 2 is 1.85 bits per heavy atom. The Balaban J connectivity index is 1.36. The van der Waals surface area contributed by atoms with Crippen LogP contribution in [-0.4, -0.2) is 18.5 Å². The number of anilines is 1. The van der Waals surface area contributed by atoms with E-state index < -0.39 is 0 Å². The molecule has 1 N–H and O–H groups in total. The number of para-hydroxylation sites is 1. The fourth-order valence-electron chi connectivity index (χ4n) is 2.89. The predicted octanol–water partition coefficient (Wildman–Crippen LogP) is 4.16. The largest absolute Gasteiger partial charge is 0.492 e. The molecule has 1 unspecified atom stereocenters. The number of benzene rings is 2. The molecule has 27 heavy (non-hydrogen) atoms. The number of nitrogens with one attached hydrogen (secondary N) is 1. The van der Waals surface area contributed by atoms with Gasteiger partial charge in [0.05, 0.1) is 10.8 Å². The molecular formula is C21H17NO4S. The first kappa shape index (κ1) is 17.3. The molecule has 4 rings (SSSR count). The number of thiophene rings is 1. The zero-order chi connectivity index (χ0) is 18.6. The lowest BCUT2D eigenvalue weighted by Gasteiger charge is -2.23. The van der Waals surface area contributed by atoms with Crippen molar-refractivity contribution in [3.63, 3.8) is 0 Å². The van der Waals surface area contributed by atoms with Crippen molar-refractivity contribution in [3.05, 3.63) is 76.5 Å². The molecule has 1 aliphatic rings. The van der Waals surface area contributed by atoms with E-state index in [1.807, 2.05) is 35.7 Å². The van der Waals surface area contributed by atoms with Crippen LogP contribution in [0.3, 0.4) is 0 Å². The highest BCUT2D eigenvalue weighted by atomic mass is 32.1. The second-order valence-electron chi connectivity index (χ2n) is 6.20. The van der Waals surface area contributed by atoms with Gasteiger partial charge in [0, 0.05) is 5.69 Å². The maximum Gasteiger partial charge on any atom is 0.318 e. The number of esters is 1. The van der Waals surface area contributed by atoms with Gasteiger partial charge in [-0.05, 0) is 53.8 Å². The first-order valence-electron chi connectivity index (χ1n) is 8.56.